The number of carbonyl (C=O) groups excluding carboxylic acids is 1. The highest BCUT2D eigenvalue weighted by molar-refractivity contribution is 5.67. The Morgan fingerprint density at radius 3 is 2.34 bits per heavy atom. The van der Waals surface area contributed by atoms with Crippen LogP contribution in [0.15, 0.2) is 48.9 Å². The summed E-state index contributed by atoms with van der Waals surface area (Å²) in [6.07, 6.45) is 12.5. The van der Waals surface area contributed by atoms with E-state index in [2.05, 4.69) is 40.5 Å². The zero-order valence-electron chi connectivity index (χ0n) is 20.8. The van der Waals surface area contributed by atoms with Gasteiger partial charge in [-0.15, -0.1) is 0 Å². The van der Waals surface area contributed by atoms with Gasteiger partial charge in [0.05, 0.1) is 30.4 Å². The number of amides is 1. The molecule has 4 aromatic heterocycles. The molecule has 0 saturated heterocycles. The van der Waals surface area contributed by atoms with Crippen LogP contribution < -0.4 is 10.6 Å². The summed E-state index contributed by atoms with van der Waals surface area (Å²) < 4.78 is 6.22. The molecule has 0 radical (unpaired) electrons. The fourth-order valence-corrected chi connectivity index (χ4v) is 3.47. The number of hydrogen-bond donors (Lipinski definition) is 3. The number of aryl methyl sites for hydroxylation is 1. The van der Waals surface area contributed by atoms with Gasteiger partial charge in [0.1, 0.15) is 11.5 Å². The molecule has 0 bridgehead atoms. The Kier molecular flexibility index (Phi) is 9.58. The molecule has 1 amide bonds. The van der Waals surface area contributed by atoms with E-state index in [1.807, 2.05) is 61.7 Å². The zero-order chi connectivity index (χ0) is 25.0. The first kappa shape index (κ1) is 25.7. The van der Waals surface area contributed by atoms with E-state index in [0.717, 1.165) is 28.5 Å². The lowest BCUT2D eigenvalue weighted by molar-refractivity contribution is 0.168. The number of pyridine rings is 1. The predicted molar refractivity (Wildman–Crippen MR) is 137 cm³/mol. The van der Waals surface area contributed by atoms with Crippen LogP contribution in [-0.2, 0) is 4.74 Å². The molecule has 10 nitrogen and oxygen atoms in total. The second-order valence-electron chi connectivity index (χ2n) is 8.44. The minimum absolute atomic E-state index is 0.155. The largest absolute Gasteiger partial charge is 0.453 e. The van der Waals surface area contributed by atoms with Crippen molar-refractivity contribution < 1.29 is 9.53 Å². The highest BCUT2D eigenvalue weighted by atomic mass is 16.5. The number of carbonyl (C=O) groups is 1. The van der Waals surface area contributed by atoms with Crippen LogP contribution in [0.25, 0.3) is 17.0 Å². The summed E-state index contributed by atoms with van der Waals surface area (Å²) in [7, 11) is 1.34. The van der Waals surface area contributed by atoms with E-state index >= 15 is 0 Å². The van der Waals surface area contributed by atoms with E-state index in [0.29, 0.717) is 5.95 Å². The first-order valence-electron chi connectivity index (χ1n) is 11.9. The molecule has 0 atom stereocenters. The smallest absolute Gasteiger partial charge is 0.407 e. The van der Waals surface area contributed by atoms with Crippen molar-refractivity contribution in [1.82, 2.24) is 34.9 Å². The molecule has 0 aromatic carbocycles. The molecule has 35 heavy (non-hydrogen) atoms. The lowest BCUT2D eigenvalue weighted by atomic mass is 10.2. The second-order valence-corrected chi connectivity index (χ2v) is 8.44. The Labute approximate surface area is 205 Å². The minimum Gasteiger partial charge on any atom is -0.453 e. The van der Waals surface area contributed by atoms with Crippen molar-refractivity contribution in [3.63, 3.8) is 0 Å². The molecule has 0 unspecified atom stereocenters. The van der Waals surface area contributed by atoms with Gasteiger partial charge in [-0.2, -0.15) is 5.10 Å². The van der Waals surface area contributed by atoms with Crippen LogP contribution in [0.1, 0.15) is 51.6 Å². The van der Waals surface area contributed by atoms with Crippen molar-refractivity contribution in [2.24, 2.45) is 0 Å². The minimum atomic E-state index is -0.375. The Balaban J connectivity index is 0.000000217. The van der Waals surface area contributed by atoms with Gasteiger partial charge in [0.25, 0.3) is 0 Å². The van der Waals surface area contributed by atoms with E-state index in [1.165, 1.54) is 39.2 Å². The lowest BCUT2D eigenvalue weighted by Gasteiger charge is -2.08. The fourth-order valence-electron chi connectivity index (χ4n) is 3.47. The third-order valence-electron chi connectivity index (χ3n) is 5.09. The maximum Gasteiger partial charge on any atom is 0.407 e. The number of hydrogen-bond acceptors (Lipinski definition) is 7. The SMILES string of the molecule is C1CCCC1.COC(=O)NC(C)C.Cc1cn2c(Nc3ccn[nH]3)nc(-c3ccccn3)cc2n1. The Morgan fingerprint density at radius 2 is 1.80 bits per heavy atom. The standard InChI is InChI=1S/C15H13N7.C5H11NO2.C5H10/c1-10-9-22-14(18-10)8-12(11-4-2-3-6-16-11)19-15(22)20-13-5-7-17-21-13;1-4(2)6-5(7)8-3;1-2-4-5-3-1/h2-9H,1H3,(H2,17,19,20,21);4H,1-3H3,(H,6,7);1-5H2. The van der Waals surface area contributed by atoms with Crippen molar-refractivity contribution in [2.75, 3.05) is 12.4 Å². The molecule has 1 aliphatic rings. The number of nitrogens with zero attached hydrogens (tertiary/aromatic N) is 5. The maximum atomic E-state index is 10.3. The molecule has 10 heteroatoms. The van der Waals surface area contributed by atoms with Crippen molar-refractivity contribution in [3.8, 4) is 11.4 Å². The van der Waals surface area contributed by atoms with Crippen LogP contribution >= 0.6 is 0 Å². The number of aromatic amines is 1. The lowest BCUT2D eigenvalue weighted by Crippen LogP contribution is -2.29. The molecule has 0 aliphatic heterocycles. The molecule has 186 valence electrons. The summed E-state index contributed by atoms with van der Waals surface area (Å²) >= 11 is 0. The van der Waals surface area contributed by atoms with Gasteiger partial charge in [-0.25, -0.2) is 14.8 Å². The quantitative estimate of drug-likeness (QED) is 0.365. The summed E-state index contributed by atoms with van der Waals surface area (Å²) in [5.41, 5.74) is 3.31. The van der Waals surface area contributed by atoms with Gasteiger partial charge in [-0.05, 0) is 32.9 Å². The molecule has 0 spiro atoms. The third kappa shape index (κ3) is 8.09. The molecule has 4 aromatic rings. The molecule has 1 fully saturated rings. The molecular weight excluding hydrogens is 444 g/mol. The average molecular weight is 479 g/mol. The molecule has 5 rings (SSSR count). The number of ether oxygens (including phenoxy) is 1. The highest BCUT2D eigenvalue weighted by Crippen LogP contribution is 2.22. The van der Waals surface area contributed by atoms with Crippen LogP contribution in [0.5, 0.6) is 0 Å². The van der Waals surface area contributed by atoms with Crippen LogP contribution in [0.4, 0.5) is 16.6 Å². The topological polar surface area (TPSA) is 122 Å². The third-order valence-corrected chi connectivity index (χ3v) is 5.09. The second kappa shape index (κ2) is 13.1. The number of imidazole rings is 1. The number of nitrogens with one attached hydrogen (secondary N) is 3. The summed E-state index contributed by atoms with van der Waals surface area (Å²) in [6, 6.07) is 9.66. The summed E-state index contributed by atoms with van der Waals surface area (Å²) in [4.78, 5) is 23.8. The van der Waals surface area contributed by atoms with Crippen LogP contribution in [0.2, 0.25) is 0 Å². The Hall–Kier alpha value is -3.95. The van der Waals surface area contributed by atoms with Gasteiger partial charge in [0, 0.05) is 30.6 Å². The normalized spacial score (nSPS) is 12.4. The van der Waals surface area contributed by atoms with E-state index < -0.39 is 0 Å². The van der Waals surface area contributed by atoms with Gasteiger partial charge in [0.2, 0.25) is 5.95 Å². The van der Waals surface area contributed by atoms with Gasteiger partial charge in [0.15, 0.2) is 0 Å². The molecule has 1 aliphatic carbocycles. The first-order chi connectivity index (χ1) is 17.0. The number of rotatable bonds is 4. The number of H-pyrrole nitrogens is 1. The van der Waals surface area contributed by atoms with Gasteiger partial charge >= 0.3 is 6.09 Å². The van der Waals surface area contributed by atoms with Gasteiger partial charge < -0.3 is 15.4 Å². The Bertz CT molecular complexity index is 1160. The van der Waals surface area contributed by atoms with Crippen LogP contribution in [0, 0.1) is 6.92 Å². The Morgan fingerprint density at radius 1 is 1.06 bits per heavy atom. The summed E-state index contributed by atoms with van der Waals surface area (Å²) in [6.45, 7) is 5.70. The van der Waals surface area contributed by atoms with Gasteiger partial charge in [-0.3, -0.25) is 14.5 Å². The van der Waals surface area contributed by atoms with E-state index in [9.17, 15) is 4.79 Å². The average Bonchev–Trinajstić information content (AvgIpc) is 3.63. The molecule has 1 saturated carbocycles. The van der Waals surface area contributed by atoms with Crippen LogP contribution in [0.3, 0.4) is 0 Å². The maximum absolute atomic E-state index is 10.3. The van der Waals surface area contributed by atoms with Crippen molar-refractivity contribution >= 4 is 23.5 Å². The van der Waals surface area contributed by atoms with E-state index in [1.54, 1.807) is 12.4 Å². The van der Waals surface area contributed by atoms with Crippen molar-refractivity contribution in [2.45, 2.75) is 58.9 Å². The number of aromatic nitrogens is 6. The first-order valence-corrected chi connectivity index (χ1v) is 11.9. The van der Waals surface area contributed by atoms with Gasteiger partial charge in [-0.1, -0.05) is 38.2 Å². The fraction of sp³-hybridized carbons (Fsp3) is 0.400. The van der Waals surface area contributed by atoms with Crippen LogP contribution in [-0.4, -0.2) is 48.8 Å². The van der Waals surface area contributed by atoms with Crippen molar-refractivity contribution in [3.05, 3.63) is 54.6 Å². The summed E-state index contributed by atoms with van der Waals surface area (Å²) in [5, 5.41) is 12.5. The number of alkyl carbamates (subject to hydrolysis) is 1. The molecule has 4 heterocycles. The number of fused-ring (bicyclic) bond motifs is 1. The molecule has 3 N–H and O–H groups in total. The van der Waals surface area contributed by atoms with E-state index in [-0.39, 0.29) is 12.1 Å². The zero-order valence-corrected chi connectivity index (χ0v) is 20.8. The van der Waals surface area contributed by atoms with E-state index in [4.69, 9.17) is 0 Å². The number of anilines is 2. The predicted octanol–water partition coefficient (Wildman–Crippen LogP) is 5.27. The molecular formula is C25H34N8O2. The van der Waals surface area contributed by atoms with Crippen molar-refractivity contribution in [1.29, 1.82) is 0 Å². The monoisotopic (exact) mass is 478 g/mol. The summed E-state index contributed by atoms with van der Waals surface area (Å²) in [5.74, 6) is 1.42. The highest BCUT2D eigenvalue weighted by Gasteiger charge is 2.11. The number of methoxy groups -OCH3 is 1.